The summed E-state index contributed by atoms with van der Waals surface area (Å²) in [7, 11) is 0. The van der Waals surface area contributed by atoms with Gasteiger partial charge in [0.1, 0.15) is 5.82 Å². The van der Waals surface area contributed by atoms with Crippen LogP contribution in [0.1, 0.15) is 56.9 Å². The number of nitrogens with one attached hydrogen (secondary N) is 1. The van der Waals surface area contributed by atoms with Crippen LogP contribution in [0.25, 0.3) is 0 Å². The van der Waals surface area contributed by atoms with Gasteiger partial charge in [0.25, 0.3) is 0 Å². The van der Waals surface area contributed by atoms with E-state index in [0.717, 1.165) is 30.5 Å². The molecule has 104 valence electrons. The Balaban J connectivity index is 2.01. The number of fused-ring (bicyclic) bond motifs is 1. The van der Waals surface area contributed by atoms with Crippen molar-refractivity contribution in [3.05, 3.63) is 28.0 Å². The lowest BCUT2D eigenvalue weighted by Gasteiger charge is -2.09. The van der Waals surface area contributed by atoms with Crippen molar-refractivity contribution in [2.75, 3.05) is 5.32 Å². The lowest BCUT2D eigenvalue weighted by atomic mass is 9.94. The van der Waals surface area contributed by atoms with Gasteiger partial charge < -0.3 is 5.32 Å². The number of rotatable bonds is 6. The zero-order chi connectivity index (χ0) is 13.8. The minimum Gasteiger partial charge on any atom is -0.324 e. The predicted octanol–water partition coefficient (Wildman–Crippen LogP) is 4.98. The average molecular weight is 328 g/mol. The first kappa shape index (κ1) is 14.5. The van der Waals surface area contributed by atoms with Crippen molar-refractivity contribution in [2.45, 2.75) is 51.4 Å². The fourth-order valence-electron chi connectivity index (χ4n) is 2.59. The van der Waals surface area contributed by atoms with Crippen LogP contribution in [0.2, 0.25) is 0 Å². The van der Waals surface area contributed by atoms with Crippen LogP contribution in [-0.4, -0.2) is 5.91 Å². The van der Waals surface area contributed by atoms with Gasteiger partial charge in [-0.15, -0.1) is 0 Å². The molecule has 1 N–H and O–H groups in total. The number of benzene rings is 1. The topological polar surface area (TPSA) is 29.1 Å². The number of hydrogen-bond donors (Lipinski definition) is 1. The summed E-state index contributed by atoms with van der Waals surface area (Å²) in [6.07, 6.45) is 6.64. The van der Waals surface area contributed by atoms with Crippen molar-refractivity contribution in [1.82, 2.24) is 0 Å². The first-order valence-electron chi connectivity index (χ1n) is 6.93. The molecular weight excluding hydrogens is 309 g/mol. The Hall–Kier alpha value is -0.900. The summed E-state index contributed by atoms with van der Waals surface area (Å²) in [6.45, 7) is 2.18. The van der Waals surface area contributed by atoms with E-state index in [4.69, 9.17) is 0 Å². The molecule has 0 aliphatic carbocycles. The summed E-state index contributed by atoms with van der Waals surface area (Å²) < 4.78 is 14.1. The first-order valence-corrected chi connectivity index (χ1v) is 7.72. The number of carbonyl (C=O) groups is 1. The quantitative estimate of drug-likeness (QED) is 0.733. The molecule has 0 radical (unpaired) electrons. The second-order valence-corrected chi connectivity index (χ2v) is 5.95. The van der Waals surface area contributed by atoms with Crippen molar-refractivity contribution in [1.29, 1.82) is 0 Å². The van der Waals surface area contributed by atoms with E-state index in [2.05, 4.69) is 28.2 Å². The fourth-order valence-corrected chi connectivity index (χ4v) is 3.14. The number of carbonyl (C=O) groups excluding carboxylic acids is 1. The predicted molar refractivity (Wildman–Crippen MR) is 78.8 cm³/mol. The standard InChI is InChI=1S/C15H19BrFNO/c1-2-3-4-5-6-7-11-12-8-10(17)9-13(16)14(12)18-15(11)19/h8-9,11H,2-7H2,1H3,(H,18,19). The maximum atomic E-state index is 13.4. The summed E-state index contributed by atoms with van der Waals surface area (Å²) in [6, 6.07) is 2.87. The Morgan fingerprint density at radius 3 is 2.74 bits per heavy atom. The van der Waals surface area contributed by atoms with Gasteiger partial charge in [0.2, 0.25) is 5.91 Å². The first-order chi connectivity index (χ1) is 9.13. The van der Waals surface area contributed by atoms with Gasteiger partial charge in [0, 0.05) is 4.47 Å². The van der Waals surface area contributed by atoms with Crippen LogP contribution < -0.4 is 5.32 Å². The molecule has 1 atom stereocenters. The second kappa shape index (κ2) is 6.51. The van der Waals surface area contributed by atoms with Crippen molar-refractivity contribution in [3.63, 3.8) is 0 Å². The van der Waals surface area contributed by atoms with Crippen LogP contribution in [0.3, 0.4) is 0 Å². The van der Waals surface area contributed by atoms with Gasteiger partial charge in [0.05, 0.1) is 11.6 Å². The van der Waals surface area contributed by atoms with Crippen molar-refractivity contribution >= 4 is 27.5 Å². The zero-order valence-corrected chi connectivity index (χ0v) is 12.7. The fraction of sp³-hybridized carbons (Fsp3) is 0.533. The van der Waals surface area contributed by atoms with E-state index >= 15 is 0 Å². The molecule has 0 saturated carbocycles. The maximum Gasteiger partial charge on any atom is 0.232 e. The van der Waals surface area contributed by atoms with Crippen LogP contribution >= 0.6 is 15.9 Å². The molecule has 0 aromatic heterocycles. The van der Waals surface area contributed by atoms with Crippen LogP contribution in [0.15, 0.2) is 16.6 Å². The normalized spacial score (nSPS) is 17.4. The number of unbranched alkanes of at least 4 members (excludes halogenated alkanes) is 4. The molecule has 1 amide bonds. The van der Waals surface area contributed by atoms with Crippen molar-refractivity contribution in [3.8, 4) is 0 Å². The van der Waals surface area contributed by atoms with Crippen LogP contribution in [0, 0.1) is 5.82 Å². The Labute approximate surface area is 121 Å². The summed E-state index contributed by atoms with van der Waals surface area (Å²) >= 11 is 3.30. The highest BCUT2D eigenvalue weighted by Crippen LogP contribution is 2.40. The molecule has 1 aliphatic heterocycles. The number of amides is 1. The molecule has 1 heterocycles. The SMILES string of the molecule is CCCCCCCC1C(=O)Nc2c(Br)cc(F)cc21. The lowest BCUT2D eigenvalue weighted by Crippen LogP contribution is -2.11. The van der Waals surface area contributed by atoms with Gasteiger partial charge in [-0.25, -0.2) is 4.39 Å². The van der Waals surface area contributed by atoms with Crippen LogP contribution in [-0.2, 0) is 4.79 Å². The van der Waals surface area contributed by atoms with Gasteiger partial charge >= 0.3 is 0 Å². The number of hydrogen-bond acceptors (Lipinski definition) is 1. The summed E-state index contributed by atoms with van der Waals surface area (Å²) in [4.78, 5) is 12.0. The molecular formula is C15H19BrFNO. The van der Waals surface area contributed by atoms with Gasteiger partial charge in [0.15, 0.2) is 0 Å². The second-order valence-electron chi connectivity index (χ2n) is 5.10. The van der Waals surface area contributed by atoms with Crippen molar-refractivity contribution in [2.24, 2.45) is 0 Å². The largest absolute Gasteiger partial charge is 0.324 e. The molecule has 4 heteroatoms. The van der Waals surface area contributed by atoms with E-state index in [9.17, 15) is 9.18 Å². The van der Waals surface area contributed by atoms with Crippen molar-refractivity contribution < 1.29 is 9.18 Å². The average Bonchev–Trinajstić information content (AvgIpc) is 2.67. The van der Waals surface area contributed by atoms with Crippen LogP contribution in [0.5, 0.6) is 0 Å². The van der Waals surface area contributed by atoms with E-state index in [1.54, 1.807) is 0 Å². The minimum atomic E-state index is -0.293. The third kappa shape index (κ3) is 3.35. The molecule has 2 nitrogen and oxygen atoms in total. The number of halogens is 2. The molecule has 0 spiro atoms. The summed E-state index contributed by atoms with van der Waals surface area (Å²) in [5, 5.41) is 2.84. The Kier molecular flexibility index (Phi) is 4.97. The minimum absolute atomic E-state index is 0.00297. The third-order valence-corrected chi connectivity index (χ3v) is 4.25. The monoisotopic (exact) mass is 327 g/mol. The summed E-state index contributed by atoms with van der Waals surface area (Å²) in [5.74, 6) is -0.487. The molecule has 2 rings (SSSR count). The highest BCUT2D eigenvalue weighted by Gasteiger charge is 2.31. The van der Waals surface area contributed by atoms with E-state index in [-0.39, 0.29) is 17.6 Å². The highest BCUT2D eigenvalue weighted by atomic mass is 79.9. The molecule has 0 saturated heterocycles. The van der Waals surface area contributed by atoms with E-state index in [1.165, 1.54) is 31.4 Å². The Bertz CT molecular complexity index is 475. The zero-order valence-electron chi connectivity index (χ0n) is 11.1. The van der Waals surface area contributed by atoms with Gasteiger partial charge in [-0.2, -0.15) is 0 Å². The lowest BCUT2D eigenvalue weighted by molar-refractivity contribution is -0.117. The molecule has 0 bridgehead atoms. The van der Waals surface area contributed by atoms with E-state index in [0.29, 0.717) is 4.47 Å². The third-order valence-electron chi connectivity index (χ3n) is 3.62. The Morgan fingerprint density at radius 1 is 1.26 bits per heavy atom. The maximum absolute atomic E-state index is 13.4. The molecule has 1 aliphatic rings. The molecule has 19 heavy (non-hydrogen) atoms. The van der Waals surface area contributed by atoms with Gasteiger partial charge in [-0.05, 0) is 40.0 Å². The molecule has 1 aromatic carbocycles. The van der Waals surface area contributed by atoms with E-state index in [1.807, 2.05) is 0 Å². The van der Waals surface area contributed by atoms with Gasteiger partial charge in [-0.1, -0.05) is 39.0 Å². The molecule has 1 aromatic rings. The smallest absolute Gasteiger partial charge is 0.232 e. The molecule has 0 fully saturated rings. The van der Waals surface area contributed by atoms with E-state index < -0.39 is 0 Å². The highest BCUT2D eigenvalue weighted by molar-refractivity contribution is 9.10. The molecule has 1 unspecified atom stereocenters. The van der Waals surface area contributed by atoms with Gasteiger partial charge in [-0.3, -0.25) is 4.79 Å². The summed E-state index contributed by atoms with van der Waals surface area (Å²) in [5.41, 5.74) is 1.54. The number of anilines is 1. The Morgan fingerprint density at radius 2 is 2.00 bits per heavy atom. The van der Waals surface area contributed by atoms with Crippen LogP contribution in [0.4, 0.5) is 10.1 Å².